The standard InChI is InChI=1S/C29H29NO2S/c1-32-29(31)21-24-9-5-10-25(19-24)27(28-11-6-17-30-28)20-23-12-14-26(15-13-23)33-18-16-22-7-3-2-4-8-22/h2-15,17,19,27,30H,16,18,20-21H2,1H3. The molecule has 3 aromatic carbocycles. The summed E-state index contributed by atoms with van der Waals surface area (Å²) in [6, 6.07) is 32.0. The van der Waals surface area contributed by atoms with Crippen molar-refractivity contribution in [3.05, 3.63) is 125 Å². The van der Waals surface area contributed by atoms with E-state index in [0.29, 0.717) is 0 Å². The van der Waals surface area contributed by atoms with E-state index >= 15 is 0 Å². The van der Waals surface area contributed by atoms with Crippen molar-refractivity contribution in [2.45, 2.75) is 30.1 Å². The largest absolute Gasteiger partial charge is 0.469 e. The minimum atomic E-state index is -0.219. The van der Waals surface area contributed by atoms with Crippen LogP contribution in [0.15, 0.2) is 102 Å². The van der Waals surface area contributed by atoms with Crippen molar-refractivity contribution in [2.24, 2.45) is 0 Å². The summed E-state index contributed by atoms with van der Waals surface area (Å²) in [7, 11) is 1.43. The SMILES string of the molecule is COC(=O)Cc1cccc(C(Cc2ccc(SCCc3ccccc3)cc2)c2ccc[nH]2)c1. The van der Waals surface area contributed by atoms with Crippen LogP contribution in [0.1, 0.15) is 33.9 Å². The smallest absolute Gasteiger partial charge is 0.309 e. The quantitative estimate of drug-likeness (QED) is 0.221. The summed E-state index contributed by atoms with van der Waals surface area (Å²) in [6.07, 6.45) is 4.21. The van der Waals surface area contributed by atoms with Gasteiger partial charge in [0.05, 0.1) is 13.5 Å². The molecule has 168 valence electrons. The zero-order valence-electron chi connectivity index (χ0n) is 18.9. The van der Waals surface area contributed by atoms with Gasteiger partial charge in [0, 0.05) is 28.5 Å². The highest BCUT2D eigenvalue weighted by Gasteiger charge is 2.17. The molecule has 0 amide bonds. The predicted molar refractivity (Wildman–Crippen MR) is 136 cm³/mol. The lowest BCUT2D eigenvalue weighted by Crippen LogP contribution is -2.08. The van der Waals surface area contributed by atoms with Crippen LogP contribution in [0, 0.1) is 0 Å². The molecule has 1 heterocycles. The molecule has 0 saturated carbocycles. The molecule has 1 atom stereocenters. The number of benzene rings is 3. The third kappa shape index (κ3) is 6.62. The minimum absolute atomic E-state index is 0.189. The molecule has 3 nitrogen and oxygen atoms in total. The molecule has 0 fully saturated rings. The number of aromatic nitrogens is 1. The van der Waals surface area contributed by atoms with Crippen molar-refractivity contribution >= 4 is 17.7 Å². The lowest BCUT2D eigenvalue weighted by Gasteiger charge is -2.18. The van der Waals surface area contributed by atoms with Crippen molar-refractivity contribution in [1.29, 1.82) is 0 Å². The van der Waals surface area contributed by atoms with Crippen LogP contribution in [0.25, 0.3) is 0 Å². The maximum absolute atomic E-state index is 11.7. The maximum atomic E-state index is 11.7. The van der Waals surface area contributed by atoms with Crippen molar-refractivity contribution in [1.82, 2.24) is 4.98 Å². The zero-order valence-corrected chi connectivity index (χ0v) is 19.7. The average molecular weight is 456 g/mol. The first-order valence-corrected chi connectivity index (χ1v) is 12.2. The predicted octanol–water partition coefficient (Wildman–Crippen LogP) is 6.44. The Balaban J connectivity index is 1.44. The topological polar surface area (TPSA) is 42.1 Å². The Morgan fingerprint density at radius 3 is 2.39 bits per heavy atom. The highest BCUT2D eigenvalue weighted by Crippen LogP contribution is 2.29. The van der Waals surface area contributed by atoms with Crippen LogP contribution in [0.2, 0.25) is 0 Å². The van der Waals surface area contributed by atoms with Gasteiger partial charge in [-0.1, -0.05) is 66.7 Å². The molecule has 0 aliphatic heterocycles. The van der Waals surface area contributed by atoms with Crippen LogP contribution >= 0.6 is 11.8 Å². The molecule has 33 heavy (non-hydrogen) atoms. The highest BCUT2D eigenvalue weighted by atomic mass is 32.2. The molecule has 0 radical (unpaired) electrons. The van der Waals surface area contributed by atoms with Gasteiger partial charge in [-0.3, -0.25) is 4.79 Å². The third-order valence-electron chi connectivity index (χ3n) is 5.79. The van der Waals surface area contributed by atoms with E-state index in [0.717, 1.165) is 24.2 Å². The number of ether oxygens (including phenoxy) is 1. The average Bonchev–Trinajstić information content (AvgIpc) is 3.39. The van der Waals surface area contributed by atoms with Gasteiger partial charge in [0.25, 0.3) is 0 Å². The molecule has 0 bridgehead atoms. The lowest BCUT2D eigenvalue weighted by molar-refractivity contribution is -0.139. The first kappa shape index (κ1) is 22.9. The van der Waals surface area contributed by atoms with E-state index in [9.17, 15) is 4.79 Å². The number of hydrogen-bond acceptors (Lipinski definition) is 3. The second-order valence-electron chi connectivity index (χ2n) is 8.11. The molecule has 1 unspecified atom stereocenters. The molecule has 0 spiro atoms. The first-order valence-electron chi connectivity index (χ1n) is 11.3. The van der Waals surface area contributed by atoms with Crippen molar-refractivity contribution in [3.63, 3.8) is 0 Å². The van der Waals surface area contributed by atoms with E-state index in [1.807, 2.05) is 36.2 Å². The number of aryl methyl sites for hydroxylation is 1. The third-order valence-corrected chi connectivity index (χ3v) is 6.81. The summed E-state index contributed by atoms with van der Waals surface area (Å²) in [4.78, 5) is 16.4. The number of H-pyrrole nitrogens is 1. The number of hydrogen-bond donors (Lipinski definition) is 1. The summed E-state index contributed by atoms with van der Waals surface area (Å²) in [5.74, 6) is 1.04. The Hall–Kier alpha value is -3.24. The van der Waals surface area contributed by atoms with Crippen LogP contribution in [0.5, 0.6) is 0 Å². The van der Waals surface area contributed by atoms with E-state index in [1.54, 1.807) is 0 Å². The summed E-state index contributed by atoms with van der Waals surface area (Å²) in [5.41, 5.74) is 6.01. The maximum Gasteiger partial charge on any atom is 0.309 e. The lowest BCUT2D eigenvalue weighted by atomic mass is 9.88. The van der Waals surface area contributed by atoms with Gasteiger partial charge in [-0.2, -0.15) is 0 Å². The van der Waals surface area contributed by atoms with Crippen LogP contribution in [0.3, 0.4) is 0 Å². The summed E-state index contributed by atoms with van der Waals surface area (Å²) in [5, 5.41) is 0. The number of nitrogens with one attached hydrogen (secondary N) is 1. The van der Waals surface area contributed by atoms with Gasteiger partial charge in [-0.25, -0.2) is 0 Å². The van der Waals surface area contributed by atoms with E-state index in [2.05, 4.69) is 77.8 Å². The number of carbonyl (C=O) groups is 1. The Kier molecular flexibility index (Phi) is 8.04. The molecule has 4 rings (SSSR count). The summed E-state index contributed by atoms with van der Waals surface area (Å²) in [6.45, 7) is 0. The molecule has 4 aromatic rings. The Bertz CT molecular complexity index is 1140. The molecular formula is C29H29NO2S. The summed E-state index contributed by atoms with van der Waals surface area (Å²) < 4.78 is 4.84. The monoisotopic (exact) mass is 455 g/mol. The summed E-state index contributed by atoms with van der Waals surface area (Å²) >= 11 is 1.90. The van der Waals surface area contributed by atoms with E-state index in [-0.39, 0.29) is 18.3 Å². The number of thioether (sulfide) groups is 1. The second-order valence-corrected chi connectivity index (χ2v) is 9.28. The fourth-order valence-electron chi connectivity index (χ4n) is 4.02. The highest BCUT2D eigenvalue weighted by molar-refractivity contribution is 7.99. The first-order chi connectivity index (χ1) is 16.2. The molecule has 0 aliphatic carbocycles. The molecule has 1 N–H and O–H groups in total. The molecule has 4 heteroatoms. The zero-order chi connectivity index (χ0) is 22.9. The van der Waals surface area contributed by atoms with Gasteiger partial charge >= 0.3 is 5.97 Å². The number of methoxy groups -OCH3 is 1. The van der Waals surface area contributed by atoms with Crippen molar-refractivity contribution < 1.29 is 9.53 Å². The van der Waals surface area contributed by atoms with E-state index < -0.39 is 0 Å². The van der Waals surface area contributed by atoms with Gasteiger partial charge in [-0.05, 0) is 59.4 Å². The second kappa shape index (κ2) is 11.6. The number of carbonyl (C=O) groups excluding carboxylic acids is 1. The molecular weight excluding hydrogens is 426 g/mol. The van der Waals surface area contributed by atoms with E-state index in [1.165, 1.54) is 34.4 Å². The van der Waals surface area contributed by atoms with E-state index in [4.69, 9.17) is 4.74 Å². The van der Waals surface area contributed by atoms with Crippen molar-refractivity contribution in [2.75, 3.05) is 12.9 Å². The van der Waals surface area contributed by atoms with Gasteiger partial charge in [0.15, 0.2) is 0 Å². The Morgan fingerprint density at radius 1 is 0.879 bits per heavy atom. The van der Waals surface area contributed by atoms with Crippen LogP contribution < -0.4 is 0 Å². The number of esters is 1. The van der Waals surface area contributed by atoms with Crippen molar-refractivity contribution in [3.8, 4) is 0 Å². The van der Waals surface area contributed by atoms with Gasteiger partial charge in [-0.15, -0.1) is 11.8 Å². The van der Waals surface area contributed by atoms with Crippen LogP contribution in [-0.2, 0) is 28.8 Å². The Labute approximate surface area is 200 Å². The molecule has 0 aliphatic rings. The van der Waals surface area contributed by atoms with Crippen LogP contribution in [-0.4, -0.2) is 23.8 Å². The fraction of sp³-hybridized carbons (Fsp3) is 0.207. The number of rotatable bonds is 10. The minimum Gasteiger partial charge on any atom is -0.469 e. The van der Waals surface area contributed by atoms with Crippen LogP contribution in [0.4, 0.5) is 0 Å². The normalized spacial score (nSPS) is 11.8. The fourth-order valence-corrected chi connectivity index (χ4v) is 4.92. The van der Waals surface area contributed by atoms with Gasteiger partial charge < -0.3 is 9.72 Å². The molecule has 0 saturated heterocycles. The number of aromatic amines is 1. The Morgan fingerprint density at radius 2 is 1.67 bits per heavy atom. The molecule has 1 aromatic heterocycles. The van der Waals surface area contributed by atoms with Gasteiger partial charge in [0.2, 0.25) is 0 Å². The van der Waals surface area contributed by atoms with Gasteiger partial charge in [0.1, 0.15) is 0 Å².